The molecular formula is C20H20FN3O2S. The summed E-state index contributed by atoms with van der Waals surface area (Å²) >= 11 is 1.59. The molecule has 0 saturated heterocycles. The van der Waals surface area contributed by atoms with Gasteiger partial charge in [0.15, 0.2) is 0 Å². The van der Waals surface area contributed by atoms with Crippen LogP contribution >= 0.6 is 11.3 Å². The number of nitrogens with one attached hydrogen (secondary N) is 2. The van der Waals surface area contributed by atoms with Gasteiger partial charge in [0.1, 0.15) is 16.5 Å². The first kappa shape index (κ1) is 17.9. The molecular weight excluding hydrogens is 365 g/mol. The zero-order valence-corrected chi connectivity index (χ0v) is 15.8. The van der Waals surface area contributed by atoms with Crippen LogP contribution in [0.5, 0.6) is 0 Å². The number of aromatic nitrogens is 2. The summed E-state index contributed by atoms with van der Waals surface area (Å²) in [6, 6.07) is 5.89. The van der Waals surface area contributed by atoms with Gasteiger partial charge in [0.25, 0.3) is 5.56 Å². The molecule has 1 unspecified atom stereocenters. The maximum Gasteiger partial charge on any atom is 0.259 e. The van der Waals surface area contributed by atoms with Gasteiger partial charge < -0.3 is 10.3 Å². The molecule has 1 aliphatic carbocycles. The number of fused-ring (bicyclic) bond motifs is 3. The van der Waals surface area contributed by atoms with E-state index in [-0.39, 0.29) is 29.7 Å². The van der Waals surface area contributed by atoms with Crippen molar-refractivity contribution in [3.63, 3.8) is 0 Å². The number of carbonyl (C=O) groups excluding carboxylic acids is 1. The molecule has 5 nitrogen and oxygen atoms in total. The highest BCUT2D eigenvalue weighted by molar-refractivity contribution is 7.18. The quantitative estimate of drug-likeness (QED) is 0.707. The highest BCUT2D eigenvalue weighted by Gasteiger charge is 2.21. The summed E-state index contributed by atoms with van der Waals surface area (Å²) in [4.78, 5) is 34.1. The SMILES string of the molecule is CC(NC(=O)CCc1nc2sc3c(c2c(=O)[nH]1)CCC3)c1cccc(F)c1. The molecule has 0 radical (unpaired) electrons. The van der Waals surface area contributed by atoms with E-state index in [9.17, 15) is 14.0 Å². The van der Waals surface area contributed by atoms with E-state index in [2.05, 4.69) is 15.3 Å². The van der Waals surface area contributed by atoms with Gasteiger partial charge in [-0.3, -0.25) is 9.59 Å². The average molecular weight is 385 g/mol. The molecule has 0 bridgehead atoms. The van der Waals surface area contributed by atoms with Crippen LogP contribution in [-0.4, -0.2) is 15.9 Å². The van der Waals surface area contributed by atoms with Crippen LogP contribution in [0, 0.1) is 5.82 Å². The highest BCUT2D eigenvalue weighted by atomic mass is 32.1. The van der Waals surface area contributed by atoms with Crippen molar-refractivity contribution in [1.29, 1.82) is 0 Å². The lowest BCUT2D eigenvalue weighted by atomic mass is 10.1. The minimum absolute atomic E-state index is 0.108. The fraction of sp³-hybridized carbons (Fsp3) is 0.350. The van der Waals surface area contributed by atoms with Crippen molar-refractivity contribution >= 4 is 27.5 Å². The number of benzene rings is 1. The van der Waals surface area contributed by atoms with Crippen molar-refractivity contribution in [3.8, 4) is 0 Å². The Balaban J connectivity index is 1.42. The zero-order valence-electron chi connectivity index (χ0n) is 15.0. The second-order valence-electron chi connectivity index (χ2n) is 6.89. The lowest BCUT2D eigenvalue weighted by Gasteiger charge is -2.14. The molecule has 7 heteroatoms. The maximum atomic E-state index is 13.3. The van der Waals surface area contributed by atoms with Crippen molar-refractivity contribution < 1.29 is 9.18 Å². The second kappa shape index (κ2) is 7.23. The number of thiophene rings is 1. The fourth-order valence-corrected chi connectivity index (χ4v) is 4.85. The molecule has 1 atom stereocenters. The number of halogens is 1. The Hall–Kier alpha value is -2.54. The molecule has 1 amide bonds. The van der Waals surface area contributed by atoms with Crippen LogP contribution in [0.15, 0.2) is 29.1 Å². The van der Waals surface area contributed by atoms with Gasteiger partial charge in [0.05, 0.1) is 11.4 Å². The average Bonchev–Trinajstić information content (AvgIpc) is 3.20. The summed E-state index contributed by atoms with van der Waals surface area (Å²) in [5.41, 5.74) is 1.75. The van der Waals surface area contributed by atoms with Crippen molar-refractivity contribution in [3.05, 3.63) is 62.3 Å². The molecule has 2 heterocycles. The van der Waals surface area contributed by atoms with Gasteiger partial charge in [-0.15, -0.1) is 11.3 Å². The smallest absolute Gasteiger partial charge is 0.259 e. The Morgan fingerprint density at radius 1 is 1.41 bits per heavy atom. The summed E-state index contributed by atoms with van der Waals surface area (Å²) in [7, 11) is 0. The Labute approximate surface area is 159 Å². The molecule has 1 aliphatic rings. The number of carbonyl (C=O) groups is 1. The van der Waals surface area contributed by atoms with Crippen molar-refractivity contribution in [2.45, 2.75) is 45.1 Å². The van der Waals surface area contributed by atoms with Crippen molar-refractivity contribution in [2.24, 2.45) is 0 Å². The molecule has 0 fully saturated rings. The first-order valence-electron chi connectivity index (χ1n) is 9.09. The van der Waals surface area contributed by atoms with E-state index in [0.717, 1.165) is 35.0 Å². The third-order valence-electron chi connectivity index (χ3n) is 4.94. The maximum absolute atomic E-state index is 13.3. The van der Waals surface area contributed by atoms with E-state index in [1.165, 1.54) is 17.0 Å². The summed E-state index contributed by atoms with van der Waals surface area (Å²) in [5, 5.41) is 3.58. The van der Waals surface area contributed by atoms with Gasteiger partial charge in [-0.05, 0) is 49.4 Å². The fourth-order valence-electron chi connectivity index (χ4n) is 3.57. The van der Waals surface area contributed by atoms with Crippen LogP contribution in [0.25, 0.3) is 10.2 Å². The predicted octanol–water partition coefficient (Wildman–Crippen LogP) is 3.42. The molecule has 1 aromatic carbocycles. The number of hydrogen-bond donors (Lipinski definition) is 2. The Bertz CT molecular complexity index is 1070. The molecule has 0 saturated carbocycles. The van der Waals surface area contributed by atoms with Crippen LogP contribution in [0.1, 0.15) is 47.6 Å². The summed E-state index contributed by atoms with van der Waals surface area (Å²) < 4.78 is 13.3. The number of aromatic amines is 1. The summed E-state index contributed by atoms with van der Waals surface area (Å²) in [5.74, 6) is 0.0377. The molecule has 0 spiro atoms. The number of H-pyrrole nitrogens is 1. The van der Waals surface area contributed by atoms with Crippen LogP contribution in [0.2, 0.25) is 0 Å². The highest BCUT2D eigenvalue weighted by Crippen LogP contribution is 2.34. The van der Waals surface area contributed by atoms with E-state index in [1.54, 1.807) is 23.5 Å². The minimum Gasteiger partial charge on any atom is -0.350 e. The van der Waals surface area contributed by atoms with E-state index < -0.39 is 0 Å². The first-order valence-corrected chi connectivity index (χ1v) is 9.91. The molecule has 140 valence electrons. The Morgan fingerprint density at radius 2 is 2.26 bits per heavy atom. The second-order valence-corrected chi connectivity index (χ2v) is 7.98. The number of rotatable bonds is 5. The van der Waals surface area contributed by atoms with Crippen LogP contribution < -0.4 is 10.9 Å². The lowest BCUT2D eigenvalue weighted by molar-refractivity contribution is -0.121. The number of aryl methyl sites for hydroxylation is 3. The first-order chi connectivity index (χ1) is 13.0. The third kappa shape index (κ3) is 3.64. The lowest BCUT2D eigenvalue weighted by Crippen LogP contribution is -2.27. The van der Waals surface area contributed by atoms with Crippen LogP contribution in [-0.2, 0) is 24.1 Å². The van der Waals surface area contributed by atoms with Gasteiger partial charge in [-0.2, -0.15) is 0 Å². The minimum atomic E-state index is -0.327. The van der Waals surface area contributed by atoms with Gasteiger partial charge in [-0.25, -0.2) is 9.37 Å². The van der Waals surface area contributed by atoms with Crippen LogP contribution in [0.3, 0.4) is 0 Å². The van der Waals surface area contributed by atoms with Gasteiger partial charge in [0.2, 0.25) is 5.91 Å². The van der Waals surface area contributed by atoms with Gasteiger partial charge >= 0.3 is 0 Å². The molecule has 2 N–H and O–H groups in total. The number of nitrogens with zero attached hydrogens (tertiary/aromatic N) is 1. The molecule has 27 heavy (non-hydrogen) atoms. The standard InChI is InChI=1S/C20H20FN3O2S/c1-11(12-4-2-5-13(21)10-12)22-17(25)9-8-16-23-19(26)18-14-6-3-7-15(14)27-20(18)24-16/h2,4-5,10-11H,3,6-9H2,1H3,(H,22,25)(H,23,24,26). The van der Waals surface area contributed by atoms with Crippen LogP contribution in [0.4, 0.5) is 4.39 Å². The van der Waals surface area contributed by atoms with Gasteiger partial charge in [-0.1, -0.05) is 12.1 Å². The van der Waals surface area contributed by atoms with E-state index >= 15 is 0 Å². The largest absolute Gasteiger partial charge is 0.350 e. The third-order valence-corrected chi connectivity index (χ3v) is 6.12. The van der Waals surface area contributed by atoms with Crippen molar-refractivity contribution in [1.82, 2.24) is 15.3 Å². The zero-order chi connectivity index (χ0) is 19.0. The van der Waals surface area contributed by atoms with E-state index in [4.69, 9.17) is 0 Å². The van der Waals surface area contributed by atoms with Gasteiger partial charge in [0, 0.05) is 17.7 Å². The Kier molecular flexibility index (Phi) is 4.78. The number of amides is 1. The van der Waals surface area contributed by atoms with E-state index in [0.29, 0.717) is 17.8 Å². The molecule has 3 aromatic rings. The summed E-state index contributed by atoms with van der Waals surface area (Å²) in [6.07, 6.45) is 3.63. The van der Waals surface area contributed by atoms with Crippen molar-refractivity contribution in [2.75, 3.05) is 0 Å². The topological polar surface area (TPSA) is 74.8 Å². The number of hydrogen-bond acceptors (Lipinski definition) is 4. The Morgan fingerprint density at radius 3 is 3.07 bits per heavy atom. The molecule has 2 aromatic heterocycles. The predicted molar refractivity (Wildman–Crippen MR) is 104 cm³/mol. The normalized spacial score (nSPS) is 14.3. The molecule has 4 rings (SSSR count). The summed E-state index contributed by atoms with van der Waals surface area (Å²) in [6.45, 7) is 1.81. The van der Waals surface area contributed by atoms with E-state index in [1.807, 2.05) is 6.92 Å². The monoisotopic (exact) mass is 385 g/mol. The molecule has 0 aliphatic heterocycles.